The Morgan fingerprint density at radius 2 is 1.85 bits per heavy atom. The molecule has 0 heterocycles. The van der Waals surface area contributed by atoms with Gasteiger partial charge in [-0.25, -0.2) is 0 Å². The minimum Gasteiger partial charge on any atom is -0.489 e. The number of ether oxygens (including phenoxy) is 1. The Labute approximate surface area is 129 Å². The lowest BCUT2D eigenvalue weighted by atomic mass is 9.93. The predicted octanol–water partition coefficient (Wildman–Crippen LogP) is 3.61. The largest absolute Gasteiger partial charge is 0.489 e. The average Bonchev–Trinajstić information content (AvgIpc) is 2.42. The summed E-state index contributed by atoms with van der Waals surface area (Å²) < 4.78 is 5.51. The number of carboxylic acid groups (broad SMARTS) is 1. The third-order valence-corrected chi connectivity index (χ3v) is 3.94. The maximum Gasteiger partial charge on any atom is 0.323 e. The van der Waals surface area contributed by atoms with Crippen LogP contribution in [-0.2, 0) is 4.79 Å². The lowest BCUT2D eigenvalue weighted by Crippen LogP contribution is -2.52. The number of benzene rings is 1. The monoisotopic (exact) mass is 319 g/mol. The van der Waals surface area contributed by atoms with Crippen molar-refractivity contribution in [1.82, 2.24) is 5.32 Å². The molecule has 0 saturated carbocycles. The molecule has 1 rings (SSSR count). The quantitative estimate of drug-likeness (QED) is 0.719. The topological polar surface area (TPSA) is 58.6 Å². The van der Waals surface area contributed by atoms with Gasteiger partial charge in [0, 0.05) is 6.54 Å². The SMILES string of the molecule is CCC(CC)(NCCOc1c(Cl)cccc1Cl)C(=O)O. The highest BCUT2D eigenvalue weighted by Crippen LogP contribution is 2.32. The number of aliphatic carboxylic acids is 1. The van der Waals surface area contributed by atoms with Crippen molar-refractivity contribution in [2.24, 2.45) is 0 Å². The molecule has 0 amide bonds. The second-order valence-corrected chi connectivity index (χ2v) is 5.23. The first-order valence-electron chi connectivity index (χ1n) is 6.52. The summed E-state index contributed by atoms with van der Waals surface area (Å²) in [6, 6.07) is 5.12. The number of carbonyl (C=O) groups is 1. The van der Waals surface area contributed by atoms with E-state index >= 15 is 0 Å². The number of hydrogen-bond donors (Lipinski definition) is 2. The normalized spacial score (nSPS) is 11.4. The van der Waals surface area contributed by atoms with Crippen molar-refractivity contribution in [2.75, 3.05) is 13.2 Å². The molecule has 0 radical (unpaired) electrons. The van der Waals surface area contributed by atoms with Gasteiger partial charge in [-0.1, -0.05) is 43.1 Å². The molecule has 0 aliphatic heterocycles. The van der Waals surface area contributed by atoms with E-state index in [1.165, 1.54) is 0 Å². The van der Waals surface area contributed by atoms with Crippen molar-refractivity contribution in [2.45, 2.75) is 32.2 Å². The minimum atomic E-state index is -0.909. The summed E-state index contributed by atoms with van der Waals surface area (Å²) in [6.07, 6.45) is 1.01. The smallest absolute Gasteiger partial charge is 0.323 e. The van der Waals surface area contributed by atoms with Crippen LogP contribution in [0.2, 0.25) is 10.0 Å². The Bertz CT molecular complexity index is 441. The molecule has 0 saturated heterocycles. The highest BCUT2D eigenvalue weighted by atomic mass is 35.5. The van der Waals surface area contributed by atoms with Gasteiger partial charge in [0.2, 0.25) is 0 Å². The second kappa shape index (κ2) is 7.72. The van der Waals surface area contributed by atoms with Gasteiger partial charge in [-0.15, -0.1) is 0 Å². The Hall–Kier alpha value is -0.970. The van der Waals surface area contributed by atoms with E-state index in [-0.39, 0.29) is 0 Å². The van der Waals surface area contributed by atoms with E-state index in [2.05, 4.69) is 5.32 Å². The van der Waals surface area contributed by atoms with E-state index in [0.717, 1.165) is 0 Å². The van der Waals surface area contributed by atoms with E-state index < -0.39 is 11.5 Å². The second-order valence-electron chi connectivity index (χ2n) is 4.42. The van der Waals surface area contributed by atoms with Crippen LogP contribution in [0.3, 0.4) is 0 Å². The molecule has 0 spiro atoms. The van der Waals surface area contributed by atoms with Crippen LogP contribution in [0.5, 0.6) is 5.75 Å². The third-order valence-electron chi connectivity index (χ3n) is 3.35. The Kier molecular flexibility index (Phi) is 6.59. The molecule has 20 heavy (non-hydrogen) atoms. The number of carboxylic acids is 1. The summed E-state index contributed by atoms with van der Waals surface area (Å²) in [5.41, 5.74) is -0.909. The van der Waals surface area contributed by atoms with E-state index in [1.807, 2.05) is 13.8 Å². The zero-order chi connectivity index (χ0) is 15.2. The molecule has 0 fully saturated rings. The first-order chi connectivity index (χ1) is 9.46. The van der Waals surface area contributed by atoms with Gasteiger partial charge in [-0.3, -0.25) is 10.1 Å². The van der Waals surface area contributed by atoms with Gasteiger partial charge in [0.15, 0.2) is 5.75 Å². The molecule has 2 N–H and O–H groups in total. The van der Waals surface area contributed by atoms with E-state index in [1.54, 1.807) is 18.2 Å². The Morgan fingerprint density at radius 1 is 1.30 bits per heavy atom. The maximum absolute atomic E-state index is 11.3. The molecule has 0 bridgehead atoms. The predicted molar refractivity (Wildman–Crippen MR) is 80.9 cm³/mol. The zero-order valence-corrected chi connectivity index (χ0v) is 13.1. The lowest BCUT2D eigenvalue weighted by molar-refractivity contribution is -0.145. The van der Waals surface area contributed by atoms with Crippen molar-refractivity contribution in [1.29, 1.82) is 0 Å². The molecule has 0 aliphatic carbocycles. The van der Waals surface area contributed by atoms with Gasteiger partial charge in [0.25, 0.3) is 0 Å². The zero-order valence-electron chi connectivity index (χ0n) is 11.6. The van der Waals surface area contributed by atoms with Gasteiger partial charge >= 0.3 is 5.97 Å². The molecular weight excluding hydrogens is 301 g/mol. The number of hydrogen-bond acceptors (Lipinski definition) is 3. The van der Waals surface area contributed by atoms with E-state index in [9.17, 15) is 9.90 Å². The molecule has 4 nitrogen and oxygen atoms in total. The van der Waals surface area contributed by atoms with Gasteiger partial charge in [0.1, 0.15) is 12.1 Å². The maximum atomic E-state index is 11.3. The average molecular weight is 320 g/mol. The van der Waals surface area contributed by atoms with Crippen molar-refractivity contribution in [3.63, 3.8) is 0 Å². The highest BCUT2D eigenvalue weighted by molar-refractivity contribution is 6.37. The van der Waals surface area contributed by atoms with Gasteiger partial charge in [-0.2, -0.15) is 0 Å². The first-order valence-corrected chi connectivity index (χ1v) is 7.27. The summed E-state index contributed by atoms with van der Waals surface area (Å²) >= 11 is 12.0. The van der Waals surface area contributed by atoms with E-state index in [0.29, 0.717) is 41.8 Å². The molecule has 0 atom stereocenters. The van der Waals surface area contributed by atoms with Crippen LogP contribution in [0.4, 0.5) is 0 Å². The summed E-state index contributed by atoms with van der Waals surface area (Å²) in [5.74, 6) is -0.426. The fourth-order valence-electron chi connectivity index (χ4n) is 1.94. The van der Waals surface area contributed by atoms with Crippen molar-refractivity contribution < 1.29 is 14.6 Å². The highest BCUT2D eigenvalue weighted by Gasteiger charge is 2.33. The van der Waals surface area contributed by atoms with Crippen LogP contribution in [0.15, 0.2) is 18.2 Å². The molecule has 112 valence electrons. The fourth-order valence-corrected chi connectivity index (χ4v) is 2.45. The molecule has 0 unspecified atom stereocenters. The van der Waals surface area contributed by atoms with Crippen molar-refractivity contribution in [3.8, 4) is 5.75 Å². The number of rotatable bonds is 8. The van der Waals surface area contributed by atoms with Crippen LogP contribution >= 0.6 is 23.2 Å². The number of halogens is 2. The third kappa shape index (κ3) is 4.01. The summed E-state index contributed by atoms with van der Waals surface area (Å²) in [6.45, 7) is 4.38. The molecule has 0 aliphatic rings. The van der Waals surface area contributed by atoms with Crippen LogP contribution in [-0.4, -0.2) is 29.8 Å². The molecule has 0 aromatic heterocycles. The van der Waals surface area contributed by atoms with Gasteiger partial charge < -0.3 is 9.84 Å². The van der Waals surface area contributed by atoms with Gasteiger partial charge in [-0.05, 0) is 25.0 Å². The minimum absolute atomic E-state index is 0.290. The Balaban J connectivity index is 2.55. The van der Waals surface area contributed by atoms with Crippen molar-refractivity contribution >= 4 is 29.2 Å². The molecular formula is C14H19Cl2NO3. The number of para-hydroxylation sites is 1. The summed E-state index contributed by atoms with van der Waals surface area (Å²) in [4.78, 5) is 11.3. The fraction of sp³-hybridized carbons (Fsp3) is 0.500. The number of nitrogens with one attached hydrogen (secondary N) is 1. The molecule has 1 aromatic rings. The van der Waals surface area contributed by atoms with Gasteiger partial charge in [0.05, 0.1) is 10.0 Å². The molecule has 1 aromatic carbocycles. The van der Waals surface area contributed by atoms with Crippen LogP contribution in [0, 0.1) is 0 Å². The van der Waals surface area contributed by atoms with Crippen LogP contribution < -0.4 is 10.1 Å². The molecule has 6 heteroatoms. The van der Waals surface area contributed by atoms with Crippen LogP contribution in [0.25, 0.3) is 0 Å². The summed E-state index contributed by atoms with van der Waals surface area (Å²) in [5, 5.41) is 13.2. The van der Waals surface area contributed by atoms with E-state index in [4.69, 9.17) is 27.9 Å². The lowest BCUT2D eigenvalue weighted by Gasteiger charge is -2.28. The Morgan fingerprint density at radius 3 is 2.30 bits per heavy atom. The standard InChI is InChI=1S/C14H19Cl2NO3/c1-3-14(4-2,13(18)19)17-8-9-20-12-10(15)6-5-7-11(12)16/h5-7,17H,3-4,8-9H2,1-2H3,(H,18,19). The van der Waals surface area contributed by atoms with Crippen molar-refractivity contribution in [3.05, 3.63) is 28.2 Å². The van der Waals surface area contributed by atoms with Crippen LogP contribution in [0.1, 0.15) is 26.7 Å². The first kappa shape index (κ1) is 17.1. The summed E-state index contributed by atoms with van der Waals surface area (Å²) in [7, 11) is 0.